The molecule has 0 aromatic rings. The van der Waals surface area contributed by atoms with Gasteiger partial charge in [-0.3, -0.25) is 4.79 Å². The summed E-state index contributed by atoms with van der Waals surface area (Å²) in [7, 11) is 1.97. The molecule has 1 fully saturated rings. The minimum Gasteiger partial charge on any atom is -0.341 e. The maximum absolute atomic E-state index is 12.3. The lowest BCUT2D eigenvalue weighted by Crippen LogP contribution is -2.41. The van der Waals surface area contributed by atoms with Gasteiger partial charge in [-0.25, -0.2) is 0 Å². The van der Waals surface area contributed by atoms with Crippen molar-refractivity contribution in [1.82, 2.24) is 10.2 Å². The highest BCUT2D eigenvalue weighted by Crippen LogP contribution is 2.18. The summed E-state index contributed by atoms with van der Waals surface area (Å²) in [5.74, 6) is 0.609. The van der Waals surface area contributed by atoms with Crippen LogP contribution >= 0.6 is 0 Å². The molecule has 0 aromatic carbocycles. The van der Waals surface area contributed by atoms with Crippen molar-refractivity contribution in [2.45, 2.75) is 52.0 Å². The van der Waals surface area contributed by atoms with Gasteiger partial charge in [0.2, 0.25) is 5.91 Å². The Kier molecular flexibility index (Phi) is 5.81. The van der Waals surface area contributed by atoms with Gasteiger partial charge >= 0.3 is 0 Å². The molecule has 1 saturated heterocycles. The lowest BCUT2D eigenvalue weighted by atomic mass is 9.96. The summed E-state index contributed by atoms with van der Waals surface area (Å²) in [5, 5.41) is 3.32. The zero-order valence-electron chi connectivity index (χ0n) is 11.0. The normalized spacial score (nSPS) is 20.4. The van der Waals surface area contributed by atoms with Crippen LogP contribution in [0.15, 0.2) is 0 Å². The van der Waals surface area contributed by atoms with Crippen molar-refractivity contribution in [2.24, 2.45) is 5.92 Å². The standard InChI is InChI=1S/C13H26N2O/c1-4-6-11(7-5-2)13(16)15(3)12-8-9-14-10-12/h11-12,14H,4-10H2,1-3H3. The first kappa shape index (κ1) is 13.5. The van der Waals surface area contributed by atoms with Crippen LogP contribution in [0.3, 0.4) is 0 Å². The van der Waals surface area contributed by atoms with Gasteiger partial charge in [0, 0.05) is 25.6 Å². The quantitative estimate of drug-likeness (QED) is 0.751. The van der Waals surface area contributed by atoms with Crippen molar-refractivity contribution < 1.29 is 4.79 Å². The first-order chi connectivity index (χ1) is 7.70. The minimum atomic E-state index is 0.251. The van der Waals surface area contributed by atoms with E-state index in [-0.39, 0.29) is 5.92 Å². The Morgan fingerprint density at radius 2 is 2.00 bits per heavy atom. The summed E-state index contributed by atoms with van der Waals surface area (Å²) in [6.45, 7) is 6.34. The number of carbonyl (C=O) groups excluding carboxylic acids is 1. The van der Waals surface area contributed by atoms with E-state index in [0.29, 0.717) is 11.9 Å². The van der Waals surface area contributed by atoms with E-state index in [1.165, 1.54) is 0 Å². The molecule has 1 aliphatic rings. The van der Waals surface area contributed by atoms with Crippen molar-refractivity contribution in [3.8, 4) is 0 Å². The van der Waals surface area contributed by atoms with E-state index >= 15 is 0 Å². The van der Waals surface area contributed by atoms with Crippen molar-refractivity contribution in [3.63, 3.8) is 0 Å². The van der Waals surface area contributed by atoms with Gasteiger partial charge in [-0.05, 0) is 25.8 Å². The molecule has 3 heteroatoms. The molecule has 1 aliphatic heterocycles. The summed E-state index contributed by atoms with van der Waals surface area (Å²) in [6, 6.07) is 0.420. The van der Waals surface area contributed by atoms with E-state index in [0.717, 1.165) is 45.2 Å². The number of rotatable bonds is 6. The van der Waals surface area contributed by atoms with E-state index in [1.54, 1.807) is 0 Å². The molecule has 1 unspecified atom stereocenters. The molecule has 94 valence electrons. The first-order valence-electron chi connectivity index (χ1n) is 6.68. The maximum Gasteiger partial charge on any atom is 0.225 e. The fourth-order valence-electron chi connectivity index (χ4n) is 2.53. The molecule has 0 saturated carbocycles. The number of hydrogen-bond acceptors (Lipinski definition) is 2. The fourth-order valence-corrected chi connectivity index (χ4v) is 2.53. The highest BCUT2D eigenvalue weighted by atomic mass is 16.2. The molecule has 1 amide bonds. The third-order valence-corrected chi connectivity index (χ3v) is 3.55. The largest absolute Gasteiger partial charge is 0.341 e. The molecular weight excluding hydrogens is 200 g/mol. The van der Waals surface area contributed by atoms with Crippen LogP contribution in [0.5, 0.6) is 0 Å². The summed E-state index contributed by atoms with van der Waals surface area (Å²) < 4.78 is 0. The Morgan fingerprint density at radius 1 is 1.38 bits per heavy atom. The Hall–Kier alpha value is -0.570. The van der Waals surface area contributed by atoms with Crippen molar-refractivity contribution >= 4 is 5.91 Å². The van der Waals surface area contributed by atoms with Crippen LogP contribution in [0.4, 0.5) is 0 Å². The molecular formula is C13H26N2O. The predicted molar refractivity (Wildman–Crippen MR) is 67.4 cm³/mol. The second-order valence-corrected chi connectivity index (χ2v) is 4.87. The van der Waals surface area contributed by atoms with Crippen LogP contribution in [-0.2, 0) is 4.79 Å². The smallest absolute Gasteiger partial charge is 0.225 e. The molecule has 0 aromatic heterocycles. The summed E-state index contributed by atoms with van der Waals surface area (Å²) in [5.41, 5.74) is 0. The number of nitrogens with one attached hydrogen (secondary N) is 1. The Morgan fingerprint density at radius 3 is 2.44 bits per heavy atom. The predicted octanol–water partition coefficient (Wildman–Crippen LogP) is 2.02. The average Bonchev–Trinajstić information content (AvgIpc) is 2.80. The van der Waals surface area contributed by atoms with Crippen molar-refractivity contribution in [1.29, 1.82) is 0 Å². The second-order valence-electron chi connectivity index (χ2n) is 4.87. The average molecular weight is 226 g/mol. The van der Waals surface area contributed by atoms with Crippen LogP contribution < -0.4 is 5.32 Å². The molecule has 0 spiro atoms. The van der Waals surface area contributed by atoms with Gasteiger partial charge in [0.15, 0.2) is 0 Å². The van der Waals surface area contributed by atoms with Crippen molar-refractivity contribution in [2.75, 3.05) is 20.1 Å². The molecule has 16 heavy (non-hydrogen) atoms. The summed E-state index contributed by atoms with van der Waals surface area (Å²) in [4.78, 5) is 14.3. The molecule has 0 bridgehead atoms. The Bertz CT molecular complexity index is 202. The summed E-state index contributed by atoms with van der Waals surface area (Å²) in [6.07, 6.45) is 5.39. The highest BCUT2D eigenvalue weighted by Gasteiger charge is 2.27. The van der Waals surface area contributed by atoms with Crippen LogP contribution in [0.25, 0.3) is 0 Å². The third-order valence-electron chi connectivity index (χ3n) is 3.55. The van der Waals surface area contributed by atoms with E-state index in [9.17, 15) is 4.79 Å². The Balaban J connectivity index is 2.50. The van der Waals surface area contributed by atoms with Crippen LogP contribution in [-0.4, -0.2) is 37.0 Å². The molecule has 3 nitrogen and oxygen atoms in total. The molecule has 0 radical (unpaired) electrons. The number of hydrogen-bond donors (Lipinski definition) is 1. The van der Waals surface area contributed by atoms with E-state index in [4.69, 9.17) is 0 Å². The SMILES string of the molecule is CCCC(CCC)C(=O)N(C)C1CCNC1. The van der Waals surface area contributed by atoms with Gasteiger partial charge in [-0.2, -0.15) is 0 Å². The first-order valence-corrected chi connectivity index (χ1v) is 6.68. The van der Waals surface area contributed by atoms with Gasteiger partial charge in [-0.15, -0.1) is 0 Å². The minimum absolute atomic E-state index is 0.251. The summed E-state index contributed by atoms with van der Waals surface area (Å²) >= 11 is 0. The maximum atomic E-state index is 12.3. The van der Waals surface area contributed by atoms with E-state index in [2.05, 4.69) is 19.2 Å². The molecule has 1 atom stereocenters. The van der Waals surface area contributed by atoms with Gasteiger partial charge < -0.3 is 10.2 Å². The van der Waals surface area contributed by atoms with E-state index in [1.807, 2.05) is 11.9 Å². The zero-order chi connectivity index (χ0) is 12.0. The van der Waals surface area contributed by atoms with Crippen molar-refractivity contribution in [3.05, 3.63) is 0 Å². The zero-order valence-corrected chi connectivity index (χ0v) is 11.0. The molecule has 0 aliphatic carbocycles. The lowest BCUT2D eigenvalue weighted by Gasteiger charge is -2.28. The molecule has 1 N–H and O–H groups in total. The molecule has 1 rings (SSSR count). The highest BCUT2D eigenvalue weighted by molar-refractivity contribution is 5.78. The van der Waals surface area contributed by atoms with E-state index < -0.39 is 0 Å². The number of nitrogens with zero attached hydrogens (tertiary/aromatic N) is 1. The van der Waals surface area contributed by atoms with Gasteiger partial charge in [0.1, 0.15) is 0 Å². The van der Waals surface area contributed by atoms with Crippen LogP contribution in [0.2, 0.25) is 0 Å². The van der Waals surface area contributed by atoms with Gasteiger partial charge in [-0.1, -0.05) is 26.7 Å². The lowest BCUT2D eigenvalue weighted by molar-refractivity contribution is -0.136. The Labute approximate surface area is 99.6 Å². The van der Waals surface area contributed by atoms with Crippen LogP contribution in [0.1, 0.15) is 46.0 Å². The number of likely N-dealkylation sites (N-methyl/N-ethyl adjacent to an activating group) is 1. The second kappa shape index (κ2) is 6.89. The number of amides is 1. The van der Waals surface area contributed by atoms with Gasteiger partial charge in [0.25, 0.3) is 0 Å². The molecule has 1 heterocycles. The van der Waals surface area contributed by atoms with Gasteiger partial charge in [0.05, 0.1) is 0 Å². The third kappa shape index (κ3) is 3.48. The fraction of sp³-hybridized carbons (Fsp3) is 0.923. The monoisotopic (exact) mass is 226 g/mol. The van der Waals surface area contributed by atoms with Crippen LogP contribution in [0, 0.1) is 5.92 Å². The topological polar surface area (TPSA) is 32.3 Å². The number of carbonyl (C=O) groups is 1.